The average molecular weight is 284 g/mol. The van der Waals surface area contributed by atoms with E-state index in [9.17, 15) is 9.18 Å². The quantitative estimate of drug-likeness (QED) is 0.726. The molecule has 1 N–H and O–H groups in total. The predicted molar refractivity (Wildman–Crippen MR) is 74.4 cm³/mol. The first-order valence-corrected chi connectivity index (χ1v) is 6.96. The van der Waals surface area contributed by atoms with Crippen molar-refractivity contribution in [3.8, 4) is 5.75 Å². The molecule has 0 unspecified atom stereocenters. The molecule has 0 amide bonds. The molecular formula is C15H23FNO3+. The number of nitrogens with one attached hydrogen (secondary N) is 1. The van der Waals surface area contributed by atoms with Crippen molar-refractivity contribution >= 4 is 5.97 Å². The Hall–Kier alpha value is -1.62. The zero-order valence-corrected chi connectivity index (χ0v) is 12.3. The summed E-state index contributed by atoms with van der Waals surface area (Å²) in [5, 5.41) is 0. The van der Waals surface area contributed by atoms with Crippen LogP contribution in [0.4, 0.5) is 4.39 Å². The molecule has 5 heteroatoms. The van der Waals surface area contributed by atoms with Crippen LogP contribution in [0.2, 0.25) is 0 Å². The highest BCUT2D eigenvalue weighted by Gasteiger charge is 2.15. The summed E-state index contributed by atoms with van der Waals surface area (Å²) in [5.41, 5.74) is 0. The van der Waals surface area contributed by atoms with Gasteiger partial charge in [-0.3, -0.25) is 0 Å². The van der Waals surface area contributed by atoms with Crippen LogP contribution in [0.5, 0.6) is 5.75 Å². The minimum Gasteiger partial charge on any atom is -0.482 e. The first kappa shape index (κ1) is 16.4. The van der Waals surface area contributed by atoms with Gasteiger partial charge < -0.3 is 14.4 Å². The molecule has 1 aromatic carbocycles. The first-order chi connectivity index (χ1) is 9.55. The molecule has 0 spiro atoms. The van der Waals surface area contributed by atoms with Crippen molar-refractivity contribution in [2.24, 2.45) is 0 Å². The van der Waals surface area contributed by atoms with Crippen molar-refractivity contribution in [1.82, 2.24) is 0 Å². The molecule has 0 saturated heterocycles. The van der Waals surface area contributed by atoms with Crippen LogP contribution in [0, 0.1) is 5.82 Å². The summed E-state index contributed by atoms with van der Waals surface area (Å²) in [7, 11) is 0. The maximum Gasteiger partial charge on any atom is 0.344 e. The Morgan fingerprint density at radius 1 is 1.25 bits per heavy atom. The molecular weight excluding hydrogens is 261 g/mol. The van der Waals surface area contributed by atoms with Gasteiger partial charge in [-0.15, -0.1) is 0 Å². The number of carbonyl (C=O) groups excluding carboxylic acids is 1. The third-order valence-electron chi connectivity index (χ3n) is 3.08. The van der Waals surface area contributed by atoms with E-state index < -0.39 is 5.97 Å². The smallest absolute Gasteiger partial charge is 0.344 e. The van der Waals surface area contributed by atoms with Gasteiger partial charge in [-0.1, -0.05) is 0 Å². The average Bonchev–Trinajstić information content (AvgIpc) is 2.44. The molecule has 0 aliphatic heterocycles. The SMILES string of the molecule is CC[NH+](CC)C[C@@H](C)OC(=O)COc1ccc(F)cc1. The van der Waals surface area contributed by atoms with Gasteiger partial charge in [0.05, 0.1) is 13.1 Å². The minimum atomic E-state index is -0.409. The molecule has 1 aromatic rings. The lowest BCUT2D eigenvalue weighted by atomic mass is 10.3. The number of rotatable bonds is 8. The van der Waals surface area contributed by atoms with Gasteiger partial charge in [-0.05, 0) is 45.0 Å². The number of hydrogen-bond donors (Lipinski definition) is 1. The summed E-state index contributed by atoms with van der Waals surface area (Å²) in [6, 6.07) is 5.53. The highest BCUT2D eigenvalue weighted by molar-refractivity contribution is 5.71. The Balaban J connectivity index is 2.30. The van der Waals surface area contributed by atoms with E-state index in [2.05, 4.69) is 13.8 Å². The molecule has 20 heavy (non-hydrogen) atoms. The number of ether oxygens (including phenoxy) is 2. The Bertz CT molecular complexity index is 404. The van der Waals surface area contributed by atoms with Crippen molar-refractivity contribution in [2.45, 2.75) is 26.9 Å². The summed E-state index contributed by atoms with van der Waals surface area (Å²) in [6.07, 6.45) is -0.144. The number of likely N-dealkylation sites (N-methyl/N-ethyl adjacent to an activating group) is 1. The number of esters is 1. The number of carbonyl (C=O) groups is 1. The second-order valence-electron chi connectivity index (χ2n) is 4.70. The standard InChI is InChI=1S/C15H22FNO3/c1-4-17(5-2)10-12(3)20-15(18)11-19-14-8-6-13(16)7-9-14/h6-9,12H,4-5,10-11H2,1-3H3/p+1/t12-/m1/s1. The maximum atomic E-state index is 12.7. The van der Waals surface area contributed by atoms with E-state index in [1.54, 1.807) is 0 Å². The monoisotopic (exact) mass is 284 g/mol. The van der Waals surface area contributed by atoms with Crippen molar-refractivity contribution in [3.63, 3.8) is 0 Å². The normalized spacial score (nSPS) is 12.2. The predicted octanol–water partition coefficient (Wildman–Crippen LogP) is 1.06. The van der Waals surface area contributed by atoms with E-state index in [-0.39, 0.29) is 18.5 Å². The van der Waals surface area contributed by atoms with Crippen LogP contribution < -0.4 is 9.64 Å². The van der Waals surface area contributed by atoms with Crippen LogP contribution in [0.25, 0.3) is 0 Å². The van der Waals surface area contributed by atoms with E-state index in [1.165, 1.54) is 29.2 Å². The van der Waals surface area contributed by atoms with Gasteiger partial charge in [0.25, 0.3) is 0 Å². The van der Waals surface area contributed by atoms with Gasteiger partial charge in [0.15, 0.2) is 6.61 Å². The molecule has 0 aliphatic carbocycles. The summed E-state index contributed by atoms with van der Waals surface area (Å²) < 4.78 is 23.2. The first-order valence-electron chi connectivity index (χ1n) is 6.96. The van der Waals surface area contributed by atoms with Gasteiger partial charge in [0, 0.05) is 0 Å². The fraction of sp³-hybridized carbons (Fsp3) is 0.533. The number of benzene rings is 1. The molecule has 0 aromatic heterocycles. The molecule has 1 atom stereocenters. The number of halogens is 1. The molecule has 0 heterocycles. The summed E-state index contributed by atoms with van der Waals surface area (Å²) in [4.78, 5) is 13.0. The molecule has 0 fully saturated rings. The largest absolute Gasteiger partial charge is 0.482 e. The van der Waals surface area contributed by atoms with Crippen molar-refractivity contribution in [3.05, 3.63) is 30.1 Å². The van der Waals surface area contributed by atoms with E-state index in [0.717, 1.165) is 19.6 Å². The molecule has 0 aliphatic rings. The van der Waals surface area contributed by atoms with Crippen LogP contribution in [0.1, 0.15) is 20.8 Å². The Morgan fingerprint density at radius 3 is 2.40 bits per heavy atom. The zero-order valence-electron chi connectivity index (χ0n) is 12.3. The summed E-state index contributed by atoms with van der Waals surface area (Å²) >= 11 is 0. The molecule has 1 rings (SSSR count). The minimum absolute atomic E-state index is 0.144. The van der Waals surface area contributed by atoms with E-state index in [0.29, 0.717) is 5.75 Å². The molecule has 0 radical (unpaired) electrons. The lowest BCUT2D eigenvalue weighted by Crippen LogP contribution is -3.12. The second-order valence-corrected chi connectivity index (χ2v) is 4.70. The summed E-state index contributed by atoms with van der Waals surface area (Å²) in [5.74, 6) is -0.297. The van der Waals surface area contributed by atoms with E-state index >= 15 is 0 Å². The van der Waals surface area contributed by atoms with Crippen molar-refractivity contribution in [1.29, 1.82) is 0 Å². The van der Waals surface area contributed by atoms with Gasteiger partial charge >= 0.3 is 5.97 Å². The molecule has 112 valence electrons. The molecule has 0 bridgehead atoms. The van der Waals surface area contributed by atoms with Gasteiger partial charge in [-0.2, -0.15) is 0 Å². The van der Waals surface area contributed by atoms with Crippen molar-refractivity contribution in [2.75, 3.05) is 26.2 Å². The molecule has 0 saturated carbocycles. The lowest BCUT2D eigenvalue weighted by Gasteiger charge is -2.20. The third-order valence-corrected chi connectivity index (χ3v) is 3.08. The van der Waals surface area contributed by atoms with Gasteiger partial charge in [0.1, 0.15) is 24.2 Å². The van der Waals surface area contributed by atoms with Crippen LogP contribution in [-0.2, 0) is 9.53 Å². The Morgan fingerprint density at radius 2 is 1.85 bits per heavy atom. The fourth-order valence-electron chi connectivity index (χ4n) is 1.92. The lowest BCUT2D eigenvalue weighted by molar-refractivity contribution is -0.899. The summed E-state index contributed by atoms with van der Waals surface area (Å²) in [6.45, 7) is 8.71. The fourth-order valence-corrected chi connectivity index (χ4v) is 1.92. The number of hydrogen-bond acceptors (Lipinski definition) is 3. The number of quaternary nitrogens is 1. The van der Waals surface area contributed by atoms with Crippen LogP contribution in [0.3, 0.4) is 0 Å². The third kappa shape index (κ3) is 6.02. The van der Waals surface area contributed by atoms with Crippen LogP contribution >= 0.6 is 0 Å². The zero-order chi connectivity index (χ0) is 15.0. The Kier molecular flexibility index (Phi) is 7.01. The topological polar surface area (TPSA) is 40.0 Å². The highest BCUT2D eigenvalue weighted by Crippen LogP contribution is 2.10. The van der Waals surface area contributed by atoms with E-state index in [1.807, 2.05) is 6.92 Å². The van der Waals surface area contributed by atoms with Gasteiger partial charge in [0.2, 0.25) is 0 Å². The Labute approximate surface area is 119 Å². The van der Waals surface area contributed by atoms with Crippen LogP contribution in [0.15, 0.2) is 24.3 Å². The second kappa shape index (κ2) is 8.53. The van der Waals surface area contributed by atoms with Crippen LogP contribution in [-0.4, -0.2) is 38.3 Å². The van der Waals surface area contributed by atoms with Gasteiger partial charge in [-0.25, -0.2) is 9.18 Å². The maximum absolute atomic E-state index is 12.7. The van der Waals surface area contributed by atoms with Crippen molar-refractivity contribution < 1.29 is 23.6 Å². The van der Waals surface area contributed by atoms with E-state index in [4.69, 9.17) is 9.47 Å². The highest BCUT2D eigenvalue weighted by atomic mass is 19.1. The molecule has 4 nitrogen and oxygen atoms in total.